The fourth-order valence-corrected chi connectivity index (χ4v) is 3.37. The van der Waals surface area contributed by atoms with Crippen LogP contribution in [0.5, 0.6) is 0 Å². The molecule has 2 aromatic carbocycles. The SMILES string of the molecule is CC(C)(C)C(=O)ON1CCN(c2cccc(NCc3cccc(F)c3)c2CN)CC1. The lowest BCUT2D eigenvalue weighted by Crippen LogP contribution is -2.48. The molecule has 0 aromatic heterocycles. The lowest BCUT2D eigenvalue weighted by atomic mass is 9.98. The van der Waals surface area contributed by atoms with E-state index in [9.17, 15) is 9.18 Å². The van der Waals surface area contributed by atoms with Gasteiger partial charge in [-0.25, -0.2) is 9.18 Å². The molecule has 7 heteroatoms. The van der Waals surface area contributed by atoms with Crippen LogP contribution in [0, 0.1) is 11.2 Å². The van der Waals surface area contributed by atoms with E-state index in [1.807, 2.05) is 39.0 Å². The molecule has 0 radical (unpaired) electrons. The highest BCUT2D eigenvalue weighted by atomic mass is 19.1. The average Bonchev–Trinajstić information content (AvgIpc) is 2.72. The highest BCUT2D eigenvalue weighted by Gasteiger charge is 2.28. The van der Waals surface area contributed by atoms with Crippen LogP contribution in [0.3, 0.4) is 0 Å². The maximum Gasteiger partial charge on any atom is 0.330 e. The molecule has 1 aliphatic heterocycles. The maximum absolute atomic E-state index is 13.4. The van der Waals surface area contributed by atoms with E-state index in [1.165, 1.54) is 12.1 Å². The number of nitrogens with one attached hydrogen (secondary N) is 1. The summed E-state index contributed by atoms with van der Waals surface area (Å²) in [6.45, 7) is 9.19. The Hall–Kier alpha value is -2.64. The van der Waals surface area contributed by atoms with E-state index in [2.05, 4.69) is 16.3 Å². The van der Waals surface area contributed by atoms with Gasteiger partial charge in [0.15, 0.2) is 0 Å². The second-order valence-corrected chi connectivity index (χ2v) is 8.54. The van der Waals surface area contributed by atoms with Crippen molar-refractivity contribution in [1.82, 2.24) is 5.06 Å². The van der Waals surface area contributed by atoms with E-state index in [0.717, 1.165) is 35.6 Å². The Bertz CT molecular complexity index is 874. The number of hydroxylamine groups is 2. The van der Waals surface area contributed by atoms with E-state index in [0.29, 0.717) is 26.2 Å². The molecule has 0 amide bonds. The summed E-state index contributed by atoms with van der Waals surface area (Å²) in [6.07, 6.45) is 0. The van der Waals surface area contributed by atoms with Crippen LogP contribution in [0.2, 0.25) is 0 Å². The molecule has 0 spiro atoms. The topological polar surface area (TPSA) is 70.8 Å². The van der Waals surface area contributed by atoms with Gasteiger partial charge in [0.2, 0.25) is 0 Å². The highest BCUT2D eigenvalue weighted by Crippen LogP contribution is 2.29. The summed E-state index contributed by atoms with van der Waals surface area (Å²) in [7, 11) is 0. The third kappa shape index (κ3) is 5.49. The predicted molar refractivity (Wildman–Crippen MR) is 117 cm³/mol. The summed E-state index contributed by atoms with van der Waals surface area (Å²) >= 11 is 0. The molecule has 1 heterocycles. The zero-order valence-electron chi connectivity index (χ0n) is 18.0. The van der Waals surface area contributed by atoms with Crippen LogP contribution in [-0.4, -0.2) is 37.2 Å². The molecule has 0 unspecified atom stereocenters. The smallest absolute Gasteiger partial charge is 0.330 e. The molecule has 0 atom stereocenters. The molecule has 1 saturated heterocycles. The van der Waals surface area contributed by atoms with Gasteiger partial charge in [0.1, 0.15) is 5.82 Å². The number of halogens is 1. The van der Waals surface area contributed by atoms with Gasteiger partial charge in [0.25, 0.3) is 0 Å². The molecule has 2 aromatic rings. The minimum Gasteiger partial charge on any atom is -0.381 e. The Morgan fingerprint density at radius 2 is 1.83 bits per heavy atom. The van der Waals surface area contributed by atoms with Gasteiger partial charge in [-0.2, -0.15) is 0 Å². The zero-order valence-corrected chi connectivity index (χ0v) is 18.0. The lowest BCUT2D eigenvalue weighted by molar-refractivity contribution is -0.201. The van der Waals surface area contributed by atoms with Crippen LogP contribution >= 0.6 is 0 Å². The van der Waals surface area contributed by atoms with E-state index >= 15 is 0 Å². The molecule has 6 nitrogen and oxygen atoms in total. The third-order valence-electron chi connectivity index (χ3n) is 5.13. The number of benzene rings is 2. The van der Waals surface area contributed by atoms with Crippen molar-refractivity contribution in [3.05, 3.63) is 59.4 Å². The van der Waals surface area contributed by atoms with Crippen molar-refractivity contribution < 1.29 is 14.0 Å². The molecule has 162 valence electrons. The van der Waals surface area contributed by atoms with Crippen LogP contribution in [0.1, 0.15) is 31.9 Å². The average molecular weight is 415 g/mol. The van der Waals surface area contributed by atoms with Gasteiger partial charge in [-0.15, -0.1) is 5.06 Å². The molecule has 0 saturated carbocycles. The standard InChI is InChI=1S/C23H31FN4O2/c1-23(2,3)22(29)30-28-12-10-27(11-13-28)21-9-5-8-20(19(21)15-25)26-16-17-6-4-7-18(24)14-17/h4-9,14,26H,10-13,15-16,25H2,1-3H3. The fraction of sp³-hybridized carbons (Fsp3) is 0.435. The third-order valence-corrected chi connectivity index (χ3v) is 5.13. The van der Waals surface area contributed by atoms with Gasteiger partial charge in [0.05, 0.1) is 18.5 Å². The Labute approximate surface area is 177 Å². The largest absolute Gasteiger partial charge is 0.381 e. The van der Waals surface area contributed by atoms with Crippen LogP contribution < -0.4 is 16.0 Å². The Balaban J connectivity index is 1.65. The first-order chi connectivity index (χ1) is 14.3. The molecule has 3 N–H and O–H groups in total. The van der Waals surface area contributed by atoms with Crippen molar-refractivity contribution in [2.24, 2.45) is 11.1 Å². The molecule has 30 heavy (non-hydrogen) atoms. The molecule has 0 aliphatic carbocycles. The first-order valence-corrected chi connectivity index (χ1v) is 10.3. The zero-order chi connectivity index (χ0) is 21.7. The molecule has 1 aliphatic rings. The molecule has 3 rings (SSSR count). The Kier molecular flexibility index (Phi) is 6.95. The van der Waals surface area contributed by atoms with Crippen molar-refractivity contribution in [2.75, 3.05) is 36.4 Å². The fourth-order valence-electron chi connectivity index (χ4n) is 3.37. The summed E-state index contributed by atoms with van der Waals surface area (Å²) in [6, 6.07) is 12.6. The maximum atomic E-state index is 13.4. The number of nitrogens with zero attached hydrogens (tertiary/aromatic N) is 2. The normalized spacial score (nSPS) is 15.2. The van der Waals surface area contributed by atoms with Gasteiger partial charge in [-0.3, -0.25) is 0 Å². The number of carbonyl (C=O) groups is 1. The second-order valence-electron chi connectivity index (χ2n) is 8.54. The highest BCUT2D eigenvalue weighted by molar-refractivity contribution is 5.75. The molecule has 1 fully saturated rings. The quantitative estimate of drug-likeness (QED) is 0.754. The minimum atomic E-state index is -0.522. The van der Waals surface area contributed by atoms with E-state index < -0.39 is 5.41 Å². The van der Waals surface area contributed by atoms with Crippen molar-refractivity contribution in [3.63, 3.8) is 0 Å². The van der Waals surface area contributed by atoms with Crippen LogP contribution in [0.25, 0.3) is 0 Å². The number of piperazine rings is 1. The summed E-state index contributed by atoms with van der Waals surface area (Å²) < 4.78 is 13.4. The first-order valence-electron chi connectivity index (χ1n) is 10.3. The number of nitrogens with two attached hydrogens (primary N) is 1. The van der Waals surface area contributed by atoms with Crippen molar-refractivity contribution >= 4 is 17.3 Å². The van der Waals surface area contributed by atoms with E-state index in [1.54, 1.807) is 11.1 Å². The van der Waals surface area contributed by atoms with Gasteiger partial charge < -0.3 is 20.8 Å². The number of hydrogen-bond acceptors (Lipinski definition) is 6. The number of carbonyl (C=O) groups excluding carboxylic acids is 1. The predicted octanol–water partition coefficient (Wildman–Crippen LogP) is 3.52. The summed E-state index contributed by atoms with van der Waals surface area (Å²) in [5, 5.41) is 5.12. The van der Waals surface area contributed by atoms with Gasteiger partial charge >= 0.3 is 5.97 Å². The summed E-state index contributed by atoms with van der Waals surface area (Å²) in [5.74, 6) is -0.464. The summed E-state index contributed by atoms with van der Waals surface area (Å²) in [4.78, 5) is 19.9. The lowest BCUT2D eigenvalue weighted by Gasteiger charge is -2.37. The minimum absolute atomic E-state index is 0.220. The molecular formula is C23H31FN4O2. The number of anilines is 2. The van der Waals surface area contributed by atoms with Crippen molar-refractivity contribution in [1.29, 1.82) is 0 Å². The van der Waals surface area contributed by atoms with Gasteiger partial charge in [-0.1, -0.05) is 18.2 Å². The van der Waals surface area contributed by atoms with Gasteiger partial charge in [-0.05, 0) is 50.6 Å². The number of hydrogen-bond donors (Lipinski definition) is 2. The number of rotatable bonds is 6. The van der Waals surface area contributed by atoms with E-state index in [-0.39, 0.29) is 11.8 Å². The van der Waals surface area contributed by atoms with Gasteiger partial charge in [0, 0.05) is 43.1 Å². The first kappa shape index (κ1) is 22.1. The Morgan fingerprint density at radius 1 is 1.13 bits per heavy atom. The van der Waals surface area contributed by atoms with Crippen molar-refractivity contribution in [2.45, 2.75) is 33.9 Å². The monoisotopic (exact) mass is 414 g/mol. The second kappa shape index (κ2) is 9.45. The van der Waals surface area contributed by atoms with E-state index in [4.69, 9.17) is 10.6 Å². The van der Waals surface area contributed by atoms with Crippen LogP contribution in [0.15, 0.2) is 42.5 Å². The Morgan fingerprint density at radius 3 is 2.47 bits per heavy atom. The summed E-state index contributed by atoms with van der Waals surface area (Å²) in [5.41, 5.74) is 9.48. The molecule has 0 bridgehead atoms. The van der Waals surface area contributed by atoms with Crippen LogP contribution in [-0.2, 0) is 22.7 Å². The van der Waals surface area contributed by atoms with Crippen molar-refractivity contribution in [3.8, 4) is 0 Å². The van der Waals surface area contributed by atoms with Crippen LogP contribution in [0.4, 0.5) is 15.8 Å². The molecular weight excluding hydrogens is 383 g/mol.